The zero-order valence-electron chi connectivity index (χ0n) is 12.2. The van der Waals surface area contributed by atoms with Gasteiger partial charge >= 0.3 is 5.97 Å². The molecule has 0 heterocycles. The summed E-state index contributed by atoms with van der Waals surface area (Å²) in [4.78, 5) is 22.2. The van der Waals surface area contributed by atoms with Crippen LogP contribution in [0.15, 0.2) is 24.3 Å². The number of aliphatic carboxylic acids is 1. The second-order valence-corrected chi connectivity index (χ2v) is 4.66. The van der Waals surface area contributed by atoms with Crippen LogP contribution in [0.4, 0.5) is 0 Å². The van der Waals surface area contributed by atoms with E-state index < -0.39 is 12.0 Å². The summed E-state index contributed by atoms with van der Waals surface area (Å²) in [5, 5.41) is 11.3. The Balaban J connectivity index is 2.50. The minimum Gasteiger partial charge on any atom is -0.481 e. The number of nitrogens with two attached hydrogens (primary N) is 1. The Bertz CT molecular complexity index is 476. The van der Waals surface area contributed by atoms with E-state index in [1.165, 1.54) is 0 Å². The molecule has 0 radical (unpaired) electrons. The van der Waals surface area contributed by atoms with E-state index in [0.29, 0.717) is 19.8 Å². The zero-order valence-corrected chi connectivity index (χ0v) is 12.2. The van der Waals surface area contributed by atoms with Gasteiger partial charge in [0.05, 0.1) is 12.6 Å². The molecule has 0 aliphatic carbocycles. The van der Waals surface area contributed by atoms with Gasteiger partial charge in [0.1, 0.15) is 0 Å². The van der Waals surface area contributed by atoms with Crippen LogP contribution in [-0.2, 0) is 27.5 Å². The van der Waals surface area contributed by atoms with Gasteiger partial charge in [0.2, 0.25) is 5.91 Å². The second kappa shape index (κ2) is 9.10. The third-order valence-electron chi connectivity index (χ3n) is 3.04. The van der Waals surface area contributed by atoms with Crippen LogP contribution in [0.5, 0.6) is 0 Å². The Morgan fingerprint density at radius 2 is 2.00 bits per heavy atom. The van der Waals surface area contributed by atoms with E-state index in [1.54, 1.807) is 0 Å². The number of ether oxygens (including phenoxy) is 1. The number of carbonyl (C=O) groups excluding carboxylic acids is 1. The minimum atomic E-state index is -0.958. The van der Waals surface area contributed by atoms with Crippen molar-refractivity contribution in [2.24, 2.45) is 5.73 Å². The van der Waals surface area contributed by atoms with Crippen molar-refractivity contribution >= 4 is 11.9 Å². The van der Waals surface area contributed by atoms with E-state index in [2.05, 4.69) is 5.32 Å². The molecule has 6 heteroatoms. The summed E-state index contributed by atoms with van der Waals surface area (Å²) < 4.78 is 5.38. The minimum absolute atomic E-state index is 0.116. The van der Waals surface area contributed by atoms with E-state index in [9.17, 15) is 9.59 Å². The van der Waals surface area contributed by atoms with E-state index in [4.69, 9.17) is 15.6 Å². The molecule has 0 bridgehead atoms. The molecule has 1 atom stereocenters. The number of benzene rings is 1. The lowest BCUT2D eigenvalue weighted by Gasteiger charge is -2.13. The van der Waals surface area contributed by atoms with Crippen molar-refractivity contribution in [3.63, 3.8) is 0 Å². The van der Waals surface area contributed by atoms with Gasteiger partial charge in [-0.1, -0.05) is 24.3 Å². The lowest BCUT2D eigenvalue weighted by Crippen LogP contribution is -2.40. The predicted molar refractivity (Wildman–Crippen MR) is 78.5 cm³/mol. The van der Waals surface area contributed by atoms with Crippen molar-refractivity contribution in [2.75, 3.05) is 6.61 Å². The predicted octanol–water partition coefficient (Wildman–Crippen LogP) is 1.03. The van der Waals surface area contributed by atoms with E-state index in [0.717, 1.165) is 11.1 Å². The first-order chi connectivity index (χ1) is 10.0. The van der Waals surface area contributed by atoms with Gasteiger partial charge in [-0.25, -0.2) is 0 Å². The Labute approximate surface area is 124 Å². The molecule has 0 saturated carbocycles. The molecule has 21 heavy (non-hydrogen) atoms. The van der Waals surface area contributed by atoms with Crippen LogP contribution in [0.25, 0.3) is 0 Å². The standard InChI is InChI=1S/C15H22N2O4/c1-2-21-10-12-6-4-3-5-11(12)9-17-15(20)13(16)7-8-14(18)19/h3-6,13H,2,7-10,16H2,1H3,(H,17,20)(H,18,19). The van der Waals surface area contributed by atoms with Crippen molar-refractivity contribution in [3.8, 4) is 0 Å². The topological polar surface area (TPSA) is 102 Å². The van der Waals surface area contributed by atoms with Gasteiger partial charge in [0, 0.05) is 19.6 Å². The number of carbonyl (C=O) groups is 2. The number of amides is 1. The van der Waals surface area contributed by atoms with E-state index in [1.807, 2.05) is 31.2 Å². The molecular weight excluding hydrogens is 272 g/mol. The zero-order chi connectivity index (χ0) is 15.7. The average molecular weight is 294 g/mol. The highest BCUT2D eigenvalue weighted by Gasteiger charge is 2.14. The van der Waals surface area contributed by atoms with Crippen LogP contribution in [-0.4, -0.2) is 29.6 Å². The van der Waals surface area contributed by atoms with Gasteiger partial charge in [-0.05, 0) is 24.5 Å². The monoisotopic (exact) mass is 294 g/mol. The fraction of sp³-hybridized carbons (Fsp3) is 0.467. The van der Waals surface area contributed by atoms with Gasteiger partial charge in [0.15, 0.2) is 0 Å². The first kappa shape index (κ1) is 17.1. The van der Waals surface area contributed by atoms with Crippen molar-refractivity contribution in [3.05, 3.63) is 35.4 Å². The van der Waals surface area contributed by atoms with Crippen molar-refractivity contribution < 1.29 is 19.4 Å². The third kappa shape index (κ3) is 6.37. The van der Waals surface area contributed by atoms with Gasteiger partial charge in [-0.2, -0.15) is 0 Å². The average Bonchev–Trinajstić information content (AvgIpc) is 2.48. The maximum atomic E-state index is 11.8. The molecule has 1 aromatic rings. The molecule has 6 nitrogen and oxygen atoms in total. The molecule has 0 aromatic heterocycles. The molecule has 4 N–H and O–H groups in total. The van der Waals surface area contributed by atoms with Crippen molar-refractivity contribution in [1.29, 1.82) is 0 Å². The van der Waals surface area contributed by atoms with Crippen LogP contribution < -0.4 is 11.1 Å². The summed E-state index contributed by atoms with van der Waals surface area (Å²) in [6, 6.07) is 6.86. The van der Waals surface area contributed by atoms with Crippen LogP contribution in [0.1, 0.15) is 30.9 Å². The lowest BCUT2D eigenvalue weighted by molar-refractivity contribution is -0.137. The highest BCUT2D eigenvalue weighted by molar-refractivity contribution is 5.82. The molecule has 0 saturated heterocycles. The van der Waals surface area contributed by atoms with Gasteiger partial charge < -0.3 is 20.9 Å². The fourth-order valence-electron chi connectivity index (χ4n) is 1.81. The molecule has 1 aromatic carbocycles. The molecule has 0 aliphatic rings. The fourth-order valence-corrected chi connectivity index (χ4v) is 1.81. The number of hydrogen-bond donors (Lipinski definition) is 3. The number of nitrogens with one attached hydrogen (secondary N) is 1. The second-order valence-electron chi connectivity index (χ2n) is 4.66. The SMILES string of the molecule is CCOCc1ccccc1CNC(=O)C(N)CCC(=O)O. The molecular formula is C15H22N2O4. The van der Waals surface area contributed by atoms with Crippen molar-refractivity contribution in [1.82, 2.24) is 5.32 Å². The molecule has 1 rings (SSSR count). The summed E-state index contributed by atoms with van der Waals surface area (Å²) in [5.41, 5.74) is 7.62. The Kier molecular flexibility index (Phi) is 7.42. The maximum absolute atomic E-state index is 11.8. The molecule has 1 amide bonds. The molecule has 0 aliphatic heterocycles. The largest absolute Gasteiger partial charge is 0.481 e. The van der Waals surface area contributed by atoms with E-state index >= 15 is 0 Å². The Morgan fingerprint density at radius 1 is 1.33 bits per heavy atom. The smallest absolute Gasteiger partial charge is 0.303 e. The molecule has 116 valence electrons. The third-order valence-corrected chi connectivity index (χ3v) is 3.04. The quantitative estimate of drug-likeness (QED) is 0.631. The summed E-state index contributed by atoms with van der Waals surface area (Å²) in [7, 11) is 0. The van der Waals surface area contributed by atoms with E-state index in [-0.39, 0.29) is 18.7 Å². The van der Waals surface area contributed by atoms with Gasteiger partial charge in [-0.3, -0.25) is 9.59 Å². The number of carboxylic acids is 1. The number of carboxylic acid groups (broad SMARTS) is 1. The van der Waals surface area contributed by atoms with Crippen LogP contribution >= 0.6 is 0 Å². The van der Waals surface area contributed by atoms with Gasteiger partial charge in [-0.15, -0.1) is 0 Å². The molecule has 0 spiro atoms. The van der Waals surface area contributed by atoms with Crippen LogP contribution in [0, 0.1) is 0 Å². The van der Waals surface area contributed by atoms with Crippen LogP contribution in [0.2, 0.25) is 0 Å². The summed E-state index contributed by atoms with van der Waals surface area (Å²) in [5.74, 6) is -1.30. The highest BCUT2D eigenvalue weighted by atomic mass is 16.5. The summed E-state index contributed by atoms with van der Waals surface area (Å²) in [6.07, 6.45) is 0.0112. The Morgan fingerprint density at radius 3 is 2.62 bits per heavy atom. The highest BCUT2D eigenvalue weighted by Crippen LogP contribution is 2.10. The Hall–Kier alpha value is -1.92. The molecule has 1 unspecified atom stereocenters. The first-order valence-corrected chi connectivity index (χ1v) is 6.94. The maximum Gasteiger partial charge on any atom is 0.303 e. The first-order valence-electron chi connectivity index (χ1n) is 6.94. The lowest BCUT2D eigenvalue weighted by atomic mass is 10.1. The molecule has 0 fully saturated rings. The normalized spacial score (nSPS) is 11.9. The summed E-state index contributed by atoms with van der Waals surface area (Å²) in [6.45, 7) is 3.39. The number of rotatable bonds is 9. The number of hydrogen-bond acceptors (Lipinski definition) is 4. The summed E-state index contributed by atoms with van der Waals surface area (Å²) >= 11 is 0. The van der Waals surface area contributed by atoms with Gasteiger partial charge in [0.25, 0.3) is 0 Å². The van der Waals surface area contributed by atoms with Crippen molar-refractivity contribution in [2.45, 2.75) is 39.0 Å². The van der Waals surface area contributed by atoms with Crippen LogP contribution in [0.3, 0.4) is 0 Å².